The lowest BCUT2D eigenvalue weighted by Crippen LogP contribution is -2.33. The zero-order chi connectivity index (χ0) is 20.7. The molecule has 0 saturated carbocycles. The predicted octanol–water partition coefficient (Wildman–Crippen LogP) is 2.58. The van der Waals surface area contributed by atoms with E-state index in [1.54, 1.807) is 19.1 Å². The molecule has 0 heterocycles. The van der Waals surface area contributed by atoms with Crippen molar-refractivity contribution in [3.05, 3.63) is 65.5 Å². The number of carbonyl (C=O) groups is 2. The summed E-state index contributed by atoms with van der Waals surface area (Å²) in [6.07, 6.45) is -0.476. The lowest BCUT2D eigenvalue weighted by Gasteiger charge is -2.17. The Morgan fingerprint density at radius 3 is 2.25 bits per heavy atom. The number of nitrogens with one attached hydrogen (secondary N) is 1. The number of hydrogen-bond acceptors (Lipinski definition) is 5. The number of nitrogens with zero attached hydrogens (tertiary/aromatic N) is 1. The average molecular weight is 408 g/mol. The molecule has 0 aliphatic carbocycles. The molecule has 2 rings (SSSR count). The van der Waals surface area contributed by atoms with Gasteiger partial charge < -0.3 is 10.1 Å². The third kappa shape index (κ3) is 5.29. The molecule has 0 aromatic heterocycles. The van der Waals surface area contributed by atoms with Gasteiger partial charge >= 0.3 is 6.09 Å². The molecule has 0 spiro atoms. The van der Waals surface area contributed by atoms with Gasteiger partial charge in [0.05, 0.1) is 11.5 Å². The summed E-state index contributed by atoms with van der Waals surface area (Å²) in [5.41, 5.74) is 1.15. The first-order valence-corrected chi connectivity index (χ1v) is 9.98. The van der Waals surface area contributed by atoms with Gasteiger partial charge in [0.2, 0.25) is 0 Å². The van der Waals surface area contributed by atoms with E-state index in [9.17, 15) is 22.4 Å². The van der Waals surface area contributed by atoms with Crippen molar-refractivity contribution in [3.8, 4) is 0 Å². The number of halogens is 1. The Labute approximate surface area is 163 Å². The summed E-state index contributed by atoms with van der Waals surface area (Å²) < 4.78 is 42.9. The Hall–Kier alpha value is -2.94. The van der Waals surface area contributed by atoms with Crippen molar-refractivity contribution < 1.29 is 27.1 Å². The molecular formula is C19H21FN2O5S. The predicted molar refractivity (Wildman–Crippen MR) is 101 cm³/mol. The fourth-order valence-electron chi connectivity index (χ4n) is 2.32. The van der Waals surface area contributed by atoms with E-state index in [2.05, 4.69) is 5.32 Å². The standard InChI is InChI=1S/C19H21FN2O5S/c1-3-27-19(24)22(2)28(25,26)17-10-4-14(5-11-17)12-13-21-18(23)15-6-8-16(20)9-7-15/h4-11H,3,12-13H2,1-2H3,(H,21,23). The molecule has 2 amide bonds. The zero-order valence-electron chi connectivity index (χ0n) is 15.5. The van der Waals surface area contributed by atoms with Crippen LogP contribution in [0.25, 0.3) is 0 Å². The van der Waals surface area contributed by atoms with Crippen LogP contribution in [0.1, 0.15) is 22.8 Å². The molecule has 0 aliphatic heterocycles. The van der Waals surface area contributed by atoms with Gasteiger partial charge in [-0.2, -0.15) is 0 Å². The summed E-state index contributed by atoms with van der Waals surface area (Å²) in [5, 5.41) is 2.71. The van der Waals surface area contributed by atoms with E-state index in [-0.39, 0.29) is 17.4 Å². The first kappa shape index (κ1) is 21.4. The molecule has 0 atom stereocenters. The normalized spacial score (nSPS) is 11.0. The number of rotatable bonds is 7. The van der Waals surface area contributed by atoms with Gasteiger partial charge in [-0.25, -0.2) is 21.9 Å². The van der Waals surface area contributed by atoms with Crippen LogP contribution in [0.3, 0.4) is 0 Å². The Morgan fingerprint density at radius 1 is 1.07 bits per heavy atom. The van der Waals surface area contributed by atoms with E-state index < -0.39 is 21.9 Å². The van der Waals surface area contributed by atoms with E-state index in [4.69, 9.17) is 4.74 Å². The summed E-state index contributed by atoms with van der Waals surface area (Å²) in [7, 11) is -2.86. The lowest BCUT2D eigenvalue weighted by atomic mass is 10.1. The number of amides is 2. The lowest BCUT2D eigenvalue weighted by molar-refractivity contribution is 0.0954. The Kier molecular flexibility index (Phi) is 7.11. The van der Waals surface area contributed by atoms with Gasteiger partial charge in [-0.15, -0.1) is 0 Å². The molecule has 9 heteroatoms. The Bertz CT molecular complexity index is 928. The van der Waals surface area contributed by atoms with Crippen LogP contribution < -0.4 is 5.32 Å². The van der Waals surface area contributed by atoms with Crippen molar-refractivity contribution in [2.75, 3.05) is 20.2 Å². The zero-order valence-corrected chi connectivity index (χ0v) is 16.3. The van der Waals surface area contributed by atoms with Crippen LogP contribution in [0.5, 0.6) is 0 Å². The smallest absolute Gasteiger partial charge is 0.423 e. The summed E-state index contributed by atoms with van der Waals surface area (Å²) in [5.74, 6) is -0.740. The van der Waals surface area contributed by atoms with E-state index >= 15 is 0 Å². The van der Waals surface area contributed by atoms with Crippen LogP contribution in [-0.4, -0.2) is 44.9 Å². The van der Waals surface area contributed by atoms with Gasteiger partial charge in [0, 0.05) is 19.2 Å². The third-order valence-corrected chi connectivity index (χ3v) is 5.65. The van der Waals surface area contributed by atoms with E-state index in [1.165, 1.54) is 36.4 Å². The second-order valence-electron chi connectivity index (χ2n) is 5.83. The molecule has 2 aromatic carbocycles. The second kappa shape index (κ2) is 9.32. The quantitative estimate of drug-likeness (QED) is 0.760. The molecule has 7 nitrogen and oxygen atoms in total. The maximum Gasteiger partial charge on any atom is 0.423 e. The van der Waals surface area contributed by atoms with Crippen molar-refractivity contribution in [2.24, 2.45) is 0 Å². The molecule has 0 bridgehead atoms. The number of sulfonamides is 1. The molecule has 0 unspecified atom stereocenters. The van der Waals surface area contributed by atoms with Gasteiger partial charge in [0.1, 0.15) is 5.82 Å². The van der Waals surface area contributed by atoms with Crippen molar-refractivity contribution in [2.45, 2.75) is 18.2 Å². The van der Waals surface area contributed by atoms with Crippen molar-refractivity contribution >= 4 is 22.0 Å². The highest BCUT2D eigenvalue weighted by Gasteiger charge is 2.26. The van der Waals surface area contributed by atoms with Gasteiger partial charge in [-0.05, 0) is 55.3 Å². The summed E-state index contributed by atoms with van der Waals surface area (Å²) in [4.78, 5) is 23.6. The molecule has 150 valence electrons. The Morgan fingerprint density at radius 2 is 1.68 bits per heavy atom. The molecule has 2 aromatic rings. The van der Waals surface area contributed by atoms with E-state index in [0.717, 1.165) is 12.6 Å². The van der Waals surface area contributed by atoms with Crippen molar-refractivity contribution in [1.82, 2.24) is 9.62 Å². The fourth-order valence-corrected chi connectivity index (χ4v) is 3.37. The molecule has 0 fully saturated rings. The van der Waals surface area contributed by atoms with Gasteiger partial charge in [-0.3, -0.25) is 4.79 Å². The topological polar surface area (TPSA) is 92.8 Å². The maximum atomic E-state index is 12.9. The first-order chi connectivity index (χ1) is 13.3. The van der Waals surface area contributed by atoms with Crippen LogP contribution in [0.4, 0.5) is 9.18 Å². The molecule has 0 radical (unpaired) electrons. The van der Waals surface area contributed by atoms with Crippen LogP contribution >= 0.6 is 0 Å². The Balaban J connectivity index is 1.94. The maximum absolute atomic E-state index is 12.9. The molecule has 28 heavy (non-hydrogen) atoms. The number of ether oxygens (including phenoxy) is 1. The van der Waals surface area contributed by atoms with Crippen LogP contribution in [0.2, 0.25) is 0 Å². The minimum atomic E-state index is -3.99. The summed E-state index contributed by atoms with van der Waals surface area (Å²) in [6.45, 7) is 1.98. The summed E-state index contributed by atoms with van der Waals surface area (Å²) >= 11 is 0. The molecule has 0 aliphatic rings. The van der Waals surface area contributed by atoms with Crippen molar-refractivity contribution in [1.29, 1.82) is 0 Å². The second-order valence-corrected chi connectivity index (χ2v) is 7.80. The minimum absolute atomic E-state index is 0.0397. The molecular weight excluding hydrogens is 387 g/mol. The highest BCUT2D eigenvalue weighted by Crippen LogP contribution is 2.16. The number of benzene rings is 2. The fraction of sp³-hybridized carbons (Fsp3) is 0.263. The van der Waals surface area contributed by atoms with Gasteiger partial charge in [0.25, 0.3) is 15.9 Å². The number of hydrogen-bond donors (Lipinski definition) is 1. The SMILES string of the molecule is CCOC(=O)N(C)S(=O)(=O)c1ccc(CCNC(=O)c2ccc(F)cc2)cc1. The summed E-state index contributed by atoms with van der Waals surface area (Å²) in [6, 6.07) is 11.2. The molecule has 1 N–H and O–H groups in total. The highest BCUT2D eigenvalue weighted by molar-refractivity contribution is 7.89. The first-order valence-electron chi connectivity index (χ1n) is 8.54. The van der Waals surface area contributed by atoms with E-state index in [0.29, 0.717) is 22.8 Å². The number of carbonyl (C=O) groups excluding carboxylic acids is 2. The van der Waals surface area contributed by atoms with E-state index in [1.807, 2.05) is 0 Å². The average Bonchev–Trinajstić information content (AvgIpc) is 2.68. The van der Waals surface area contributed by atoms with Crippen molar-refractivity contribution in [3.63, 3.8) is 0 Å². The largest absolute Gasteiger partial charge is 0.449 e. The van der Waals surface area contributed by atoms with Crippen LogP contribution in [-0.2, 0) is 21.2 Å². The van der Waals surface area contributed by atoms with Crippen LogP contribution in [0, 0.1) is 5.82 Å². The molecule has 0 saturated heterocycles. The van der Waals surface area contributed by atoms with Crippen LogP contribution in [0.15, 0.2) is 53.4 Å². The third-order valence-electron chi connectivity index (χ3n) is 3.91. The monoisotopic (exact) mass is 408 g/mol. The van der Waals surface area contributed by atoms with Gasteiger partial charge in [-0.1, -0.05) is 12.1 Å². The highest BCUT2D eigenvalue weighted by atomic mass is 32.2. The van der Waals surface area contributed by atoms with Gasteiger partial charge in [0.15, 0.2) is 0 Å². The minimum Gasteiger partial charge on any atom is -0.449 e.